The summed E-state index contributed by atoms with van der Waals surface area (Å²) in [6.07, 6.45) is 2.49. The molecule has 1 amide bonds. The molecule has 0 aromatic carbocycles. The van der Waals surface area contributed by atoms with Gasteiger partial charge in [0.1, 0.15) is 0 Å². The lowest BCUT2D eigenvalue weighted by molar-refractivity contribution is 0.0955. The number of aliphatic hydroxyl groups is 1. The zero-order chi connectivity index (χ0) is 14.3. The summed E-state index contributed by atoms with van der Waals surface area (Å²) in [5.41, 5.74) is 0. The number of hydrogen-bond acceptors (Lipinski definition) is 4. The van der Waals surface area contributed by atoms with E-state index < -0.39 is 0 Å². The molecule has 0 aliphatic rings. The number of hydrogen-bond donors (Lipinski definition) is 2. The maximum Gasteiger partial charge on any atom is 0.261 e. The Hall–Kier alpha value is -0.960. The first-order valence-electron chi connectivity index (χ1n) is 6.01. The first kappa shape index (κ1) is 16.1. The Bertz CT molecular complexity index is 483. The Morgan fingerprint density at radius 2 is 2.26 bits per heavy atom. The Morgan fingerprint density at radius 3 is 2.89 bits per heavy atom. The average Bonchev–Trinajstić information content (AvgIpc) is 2.85. The van der Waals surface area contributed by atoms with Crippen LogP contribution in [0.15, 0.2) is 12.1 Å². The fraction of sp³-hybridized carbons (Fsp3) is 0.500. The van der Waals surface area contributed by atoms with E-state index in [0.29, 0.717) is 17.8 Å². The lowest BCUT2D eigenvalue weighted by Gasteiger charge is -2.21. The largest absolute Gasteiger partial charge is 0.395 e. The van der Waals surface area contributed by atoms with Crippen molar-refractivity contribution in [1.29, 1.82) is 0 Å². The Kier molecular flexibility index (Phi) is 6.43. The third kappa shape index (κ3) is 5.68. The highest BCUT2D eigenvalue weighted by atomic mass is 32.2. The van der Waals surface area contributed by atoms with Crippen LogP contribution in [0.1, 0.15) is 34.8 Å². The van der Waals surface area contributed by atoms with E-state index in [0.717, 1.165) is 4.88 Å². The van der Waals surface area contributed by atoms with Gasteiger partial charge < -0.3 is 10.4 Å². The molecule has 1 heterocycles. The maximum atomic E-state index is 12.0. The Balaban J connectivity index is 2.57. The lowest BCUT2D eigenvalue weighted by atomic mass is 10.2. The quantitative estimate of drug-likeness (QED) is 0.820. The molecule has 1 aromatic rings. The van der Waals surface area contributed by atoms with Crippen molar-refractivity contribution in [2.45, 2.75) is 25.0 Å². The molecule has 2 N–H and O–H groups in total. The summed E-state index contributed by atoms with van der Waals surface area (Å²) in [6.45, 7) is 4.89. The molecule has 0 saturated carbocycles. The lowest BCUT2D eigenvalue weighted by Crippen LogP contribution is -2.35. The molecule has 5 heteroatoms. The van der Waals surface area contributed by atoms with Crippen molar-refractivity contribution < 1.29 is 9.90 Å². The van der Waals surface area contributed by atoms with Crippen LogP contribution >= 0.6 is 23.1 Å². The molecule has 3 nitrogen and oxygen atoms in total. The van der Waals surface area contributed by atoms with Gasteiger partial charge in [0.25, 0.3) is 5.91 Å². The summed E-state index contributed by atoms with van der Waals surface area (Å²) in [5, 5.41) is 11.6. The van der Waals surface area contributed by atoms with E-state index in [2.05, 4.69) is 31.0 Å². The molecule has 1 aromatic heterocycles. The first-order chi connectivity index (χ1) is 8.98. The Labute approximate surface area is 122 Å². The SMILES string of the molecule is CSC(C)(C)CNC(=O)c1ccc(C#CCCO)s1. The molecule has 104 valence electrons. The van der Waals surface area contributed by atoms with Gasteiger partial charge in [-0.1, -0.05) is 11.8 Å². The van der Waals surface area contributed by atoms with Gasteiger partial charge in [-0.2, -0.15) is 11.8 Å². The van der Waals surface area contributed by atoms with Crippen LogP contribution < -0.4 is 5.32 Å². The van der Waals surface area contributed by atoms with Crippen molar-refractivity contribution in [2.24, 2.45) is 0 Å². The Morgan fingerprint density at radius 1 is 1.53 bits per heavy atom. The van der Waals surface area contributed by atoms with Gasteiger partial charge in [0.15, 0.2) is 0 Å². The van der Waals surface area contributed by atoms with Gasteiger partial charge in [0, 0.05) is 17.7 Å². The molecular formula is C14H19NO2S2. The van der Waals surface area contributed by atoms with E-state index in [1.165, 1.54) is 11.3 Å². The number of carbonyl (C=O) groups is 1. The second kappa shape index (κ2) is 7.59. The van der Waals surface area contributed by atoms with Crippen molar-refractivity contribution >= 4 is 29.0 Å². The van der Waals surface area contributed by atoms with Crippen LogP contribution in [0.3, 0.4) is 0 Å². The minimum atomic E-state index is -0.0534. The maximum absolute atomic E-state index is 12.0. The van der Waals surface area contributed by atoms with Gasteiger partial charge in [0.05, 0.1) is 16.4 Å². The minimum Gasteiger partial charge on any atom is -0.395 e. The van der Waals surface area contributed by atoms with Crippen LogP contribution in [-0.4, -0.2) is 35.2 Å². The monoisotopic (exact) mass is 297 g/mol. The number of amides is 1. The van der Waals surface area contributed by atoms with Crippen LogP contribution in [-0.2, 0) is 0 Å². The van der Waals surface area contributed by atoms with Gasteiger partial charge in [0.2, 0.25) is 0 Å². The number of carbonyl (C=O) groups excluding carboxylic acids is 1. The fourth-order valence-electron chi connectivity index (χ4n) is 1.19. The molecule has 0 fully saturated rings. The highest BCUT2D eigenvalue weighted by Gasteiger charge is 2.18. The first-order valence-corrected chi connectivity index (χ1v) is 8.05. The van der Waals surface area contributed by atoms with E-state index in [4.69, 9.17) is 5.11 Å². The normalized spacial score (nSPS) is 10.7. The predicted molar refractivity (Wildman–Crippen MR) is 82.8 cm³/mol. The van der Waals surface area contributed by atoms with Gasteiger partial charge >= 0.3 is 0 Å². The third-order valence-electron chi connectivity index (χ3n) is 2.51. The van der Waals surface area contributed by atoms with Gasteiger partial charge in [-0.15, -0.1) is 11.3 Å². The van der Waals surface area contributed by atoms with Crippen molar-refractivity contribution in [1.82, 2.24) is 5.32 Å². The number of nitrogens with one attached hydrogen (secondary N) is 1. The highest BCUT2D eigenvalue weighted by Crippen LogP contribution is 2.20. The highest BCUT2D eigenvalue weighted by molar-refractivity contribution is 7.99. The topological polar surface area (TPSA) is 49.3 Å². The summed E-state index contributed by atoms with van der Waals surface area (Å²) < 4.78 is 0.0384. The summed E-state index contributed by atoms with van der Waals surface area (Å²) in [7, 11) is 0. The fourth-order valence-corrected chi connectivity index (χ4v) is 2.20. The number of aliphatic hydroxyl groups excluding tert-OH is 1. The molecule has 0 spiro atoms. The van der Waals surface area contributed by atoms with E-state index in [-0.39, 0.29) is 17.3 Å². The van der Waals surface area contributed by atoms with E-state index in [1.807, 2.05) is 12.3 Å². The smallest absolute Gasteiger partial charge is 0.261 e. The number of thioether (sulfide) groups is 1. The summed E-state index contributed by atoms with van der Waals surface area (Å²) in [4.78, 5) is 13.5. The average molecular weight is 297 g/mol. The molecule has 0 saturated heterocycles. The van der Waals surface area contributed by atoms with Crippen molar-refractivity contribution in [3.8, 4) is 11.8 Å². The summed E-state index contributed by atoms with van der Waals surface area (Å²) >= 11 is 3.10. The van der Waals surface area contributed by atoms with Gasteiger partial charge in [-0.05, 0) is 32.2 Å². The van der Waals surface area contributed by atoms with Crippen molar-refractivity contribution in [3.63, 3.8) is 0 Å². The van der Waals surface area contributed by atoms with Gasteiger partial charge in [-0.3, -0.25) is 4.79 Å². The number of rotatable bonds is 5. The van der Waals surface area contributed by atoms with Crippen LogP contribution in [0.4, 0.5) is 0 Å². The molecule has 19 heavy (non-hydrogen) atoms. The summed E-state index contributed by atoms with van der Waals surface area (Å²) in [6, 6.07) is 3.62. The van der Waals surface area contributed by atoms with E-state index >= 15 is 0 Å². The second-order valence-electron chi connectivity index (χ2n) is 4.59. The molecular weight excluding hydrogens is 278 g/mol. The van der Waals surface area contributed by atoms with Crippen LogP contribution in [0.5, 0.6) is 0 Å². The molecule has 1 rings (SSSR count). The van der Waals surface area contributed by atoms with Crippen LogP contribution in [0, 0.1) is 11.8 Å². The third-order valence-corrected chi connectivity index (χ3v) is 4.75. The molecule has 0 aliphatic heterocycles. The minimum absolute atomic E-state index is 0.0384. The van der Waals surface area contributed by atoms with E-state index in [9.17, 15) is 4.79 Å². The second-order valence-corrected chi connectivity index (χ2v) is 7.18. The number of thiophene rings is 1. The molecule has 0 radical (unpaired) electrons. The molecule has 0 atom stereocenters. The summed E-state index contributed by atoms with van der Waals surface area (Å²) in [5.74, 6) is 5.72. The van der Waals surface area contributed by atoms with Gasteiger partial charge in [-0.25, -0.2) is 0 Å². The van der Waals surface area contributed by atoms with Crippen LogP contribution in [0.25, 0.3) is 0 Å². The molecule has 0 aliphatic carbocycles. The van der Waals surface area contributed by atoms with E-state index in [1.54, 1.807) is 17.8 Å². The molecule has 0 bridgehead atoms. The zero-order valence-electron chi connectivity index (χ0n) is 11.4. The van der Waals surface area contributed by atoms with Crippen LogP contribution in [0.2, 0.25) is 0 Å². The standard InChI is InChI=1S/C14H19NO2S2/c1-14(2,18-3)10-15-13(17)12-8-7-11(19-12)6-4-5-9-16/h7-8,16H,5,9-10H2,1-3H3,(H,15,17). The molecule has 0 unspecified atom stereocenters. The van der Waals surface area contributed by atoms with Crippen molar-refractivity contribution in [2.75, 3.05) is 19.4 Å². The van der Waals surface area contributed by atoms with Crippen molar-refractivity contribution in [3.05, 3.63) is 21.9 Å². The zero-order valence-corrected chi connectivity index (χ0v) is 13.1. The predicted octanol–water partition coefficient (Wildman–Crippen LogP) is 2.35.